The van der Waals surface area contributed by atoms with Gasteiger partial charge in [0.1, 0.15) is 6.29 Å². The Bertz CT molecular complexity index is 626. The largest absolute Gasteiger partial charge is 0.299 e. The van der Waals surface area contributed by atoms with Crippen molar-refractivity contribution in [2.75, 3.05) is 0 Å². The molecule has 0 spiro atoms. The molecule has 3 fully saturated rings. The number of carbonyl (C=O) groups excluding carboxylic acids is 1. The Hall–Kier alpha value is -1.11. The summed E-state index contributed by atoms with van der Waals surface area (Å²) in [6, 6.07) is 0. The van der Waals surface area contributed by atoms with Crippen molar-refractivity contribution in [2.45, 2.75) is 73.1 Å². The first-order chi connectivity index (χ1) is 12.3. The van der Waals surface area contributed by atoms with Crippen LogP contribution in [0.2, 0.25) is 0 Å². The summed E-state index contributed by atoms with van der Waals surface area (Å²) in [5, 5.41) is 0. The highest BCUT2D eigenvalue weighted by Gasteiger charge is 2.59. The predicted molar refractivity (Wildman–Crippen MR) is 111 cm³/mol. The zero-order chi connectivity index (χ0) is 19.1. The van der Waals surface area contributed by atoms with Crippen LogP contribution < -0.4 is 0 Å². The molecular formula is C25H38O. The molecule has 3 aliphatic rings. The van der Waals surface area contributed by atoms with E-state index in [9.17, 15) is 4.79 Å². The Morgan fingerprint density at radius 2 is 2.00 bits per heavy atom. The third-order valence-corrected chi connectivity index (χ3v) is 8.67. The van der Waals surface area contributed by atoms with E-state index in [1.54, 1.807) is 0 Å². The minimum Gasteiger partial charge on any atom is -0.299 e. The van der Waals surface area contributed by atoms with E-state index in [0.717, 1.165) is 36.9 Å². The average Bonchev–Trinajstić information content (AvgIpc) is 2.87. The molecule has 0 N–H and O–H groups in total. The predicted octanol–water partition coefficient (Wildman–Crippen LogP) is 6.76. The molecular weight excluding hydrogens is 316 g/mol. The van der Waals surface area contributed by atoms with E-state index in [1.807, 2.05) is 6.08 Å². The number of fused-ring (bicyclic) bond motifs is 3. The molecule has 0 aromatic carbocycles. The second-order valence-electron chi connectivity index (χ2n) is 9.77. The third kappa shape index (κ3) is 2.77. The summed E-state index contributed by atoms with van der Waals surface area (Å²) in [5.41, 5.74) is 3.32. The lowest BCUT2D eigenvalue weighted by Gasteiger charge is -2.57. The molecule has 7 atom stereocenters. The van der Waals surface area contributed by atoms with Crippen molar-refractivity contribution in [3.05, 3.63) is 36.0 Å². The summed E-state index contributed by atoms with van der Waals surface area (Å²) in [6.45, 7) is 16.3. The molecule has 7 unspecified atom stereocenters. The van der Waals surface area contributed by atoms with Crippen LogP contribution in [0.4, 0.5) is 0 Å². The normalized spacial score (nSPS) is 47.0. The van der Waals surface area contributed by atoms with Crippen LogP contribution in [0.15, 0.2) is 36.0 Å². The maximum absolute atomic E-state index is 11.2. The summed E-state index contributed by atoms with van der Waals surface area (Å²) in [4.78, 5) is 11.2. The summed E-state index contributed by atoms with van der Waals surface area (Å²) in [6.07, 6.45) is 14.9. The quantitative estimate of drug-likeness (QED) is 0.310. The minimum atomic E-state index is 0.0585. The van der Waals surface area contributed by atoms with E-state index in [-0.39, 0.29) is 5.41 Å². The van der Waals surface area contributed by atoms with Crippen molar-refractivity contribution in [2.24, 2.45) is 40.4 Å². The van der Waals surface area contributed by atoms with Crippen LogP contribution in [-0.2, 0) is 4.79 Å². The molecule has 3 aliphatic carbocycles. The van der Waals surface area contributed by atoms with Gasteiger partial charge in [-0.2, -0.15) is 0 Å². The molecule has 1 nitrogen and oxygen atoms in total. The Morgan fingerprint density at radius 3 is 2.62 bits per heavy atom. The maximum Gasteiger partial charge on any atom is 0.142 e. The van der Waals surface area contributed by atoms with Gasteiger partial charge in [0.25, 0.3) is 0 Å². The summed E-state index contributed by atoms with van der Waals surface area (Å²) >= 11 is 0. The molecule has 26 heavy (non-hydrogen) atoms. The number of aldehydes is 1. The van der Waals surface area contributed by atoms with Crippen LogP contribution in [0, 0.1) is 40.4 Å². The standard InChI is InChI=1S/C25H38O/c1-7-13-24(5)19(12-15-26)9-10-20-21(24)11-14-25(6)22(20)16-18(4)23(25)17(3)8-2/h7,12-13,15,18,20-23H,3,8-11,14,16H2,1-2,4-6H3/b13-7-,19-12-. The van der Waals surface area contributed by atoms with Crippen molar-refractivity contribution in [3.8, 4) is 0 Å². The molecule has 0 saturated heterocycles. The summed E-state index contributed by atoms with van der Waals surface area (Å²) in [5.74, 6) is 3.73. The first kappa shape index (κ1) is 19.6. The van der Waals surface area contributed by atoms with Gasteiger partial charge >= 0.3 is 0 Å². The van der Waals surface area contributed by atoms with E-state index >= 15 is 0 Å². The van der Waals surface area contributed by atoms with Crippen molar-refractivity contribution >= 4 is 6.29 Å². The van der Waals surface area contributed by atoms with Gasteiger partial charge in [0.2, 0.25) is 0 Å². The second kappa shape index (κ2) is 7.13. The smallest absolute Gasteiger partial charge is 0.142 e. The van der Waals surface area contributed by atoms with E-state index in [2.05, 4.69) is 53.3 Å². The second-order valence-corrected chi connectivity index (χ2v) is 9.77. The highest BCUT2D eigenvalue weighted by molar-refractivity contribution is 5.67. The molecule has 144 valence electrons. The molecule has 0 aliphatic heterocycles. The third-order valence-electron chi connectivity index (χ3n) is 8.67. The van der Waals surface area contributed by atoms with Crippen molar-refractivity contribution < 1.29 is 4.79 Å². The Labute approximate surface area is 161 Å². The lowest BCUT2D eigenvalue weighted by molar-refractivity contribution is -0.104. The molecule has 0 aromatic rings. The fraction of sp³-hybridized carbons (Fsp3) is 0.720. The van der Waals surface area contributed by atoms with Gasteiger partial charge in [0, 0.05) is 5.41 Å². The molecule has 3 rings (SSSR count). The van der Waals surface area contributed by atoms with Crippen molar-refractivity contribution in [3.63, 3.8) is 0 Å². The van der Waals surface area contributed by atoms with Gasteiger partial charge in [-0.25, -0.2) is 0 Å². The van der Waals surface area contributed by atoms with Crippen LogP contribution >= 0.6 is 0 Å². The van der Waals surface area contributed by atoms with E-state index < -0.39 is 0 Å². The van der Waals surface area contributed by atoms with Crippen LogP contribution in [-0.4, -0.2) is 6.29 Å². The number of allylic oxidation sites excluding steroid dienone is 5. The minimum absolute atomic E-state index is 0.0585. The van der Waals surface area contributed by atoms with E-state index in [4.69, 9.17) is 0 Å². The summed E-state index contributed by atoms with van der Waals surface area (Å²) < 4.78 is 0. The van der Waals surface area contributed by atoms with Crippen molar-refractivity contribution in [1.82, 2.24) is 0 Å². The average molecular weight is 355 g/mol. The fourth-order valence-electron chi connectivity index (χ4n) is 7.64. The van der Waals surface area contributed by atoms with Gasteiger partial charge in [-0.15, -0.1) is 0 Å². The zero-order valence-corrected chi connectivity index (χ0v) is 17.6. The van der Waals surface area contributed by atoms with Gasteiger partial charge < -0.3 is 0 Å². The molecule has 0 radical (unpaired) electrons. The summed E-state index contributed by atoms with van der Waals surface area (Å²) in [7, 11) is 0. The van der Waals surface area contributed by atoms with Gasteiger partial charge in [-0.1, -0.05) is 57.6 Å². The first-order valence-corrected chi connectivity index (χ1v) is 10.8. The number of carbonyl (C=O) groups is 1. The van der Waals surface area contributed by atoms with Crippen LogP contribution in [0.1, 0.15) is 73.1 Å². The van der Waals surface area contributed by atoms with Gasteiger partial charge in [-0.05, 0) is 86.5 Å². The lowest BCUT2D eigenvalue weighted by Crippen LogP contribution is -2.49. The number of hydrogen-bond donors (Lipinski definition) is 0. The molecule has 0 heterocycles. The number of rotatable bonds is 4. The van der Waals surface area contributed by atoms with Gasteiger partial charge in [-0.3, -0.25) is 4.79 Å². The lowest BCUT2D eigenvalue weighted by atomic mass is 9.48. The monoisotopic (exact) mass is 354 g/mol. The molecule has 0 bridgehead atoms. The van der Waals surface area contributed by atoms with Crippen LogP contribution in [0.5, 0.6) is 0 Å². The first-order valence-electron chi connectivity index (χ1n) is 10.8. The Balaban J connectivity index is 1.98. The Kier molecular flexibility index (Phi) is 5.39. The molecule has 3 saturated carbocycles. The van der Waals surface area contributed by atoms with E-state index in [1.165, 1.54) is 36.8 Å². The van der Waals surface area contributed by atoms with Crippen LogP contribution in [0.25, 0.3) is 0 Å². The van der Waals surface area contributed by atoms with Gasteiger partial charge in [0.15, 0.2) is 0 Å². The topological polar surface area (TPSA) is 17.1 Å². The molecule has 0 amide bonds. The van der Waals surface area contributed by atoms with Gasteiger partial charge in [0.05, 0.1) is 0 Å². The SMILES string of the molecule is C=C(CC)C1C(C)CC2C3CC/C(=C/C=O)C(C)(/C=C\C)C3CCC21C. The molecule has 1 heteroatoms. The van der Waals surface area contributed by atoms with Crippen LogP contribution in [0.3, 0.4) is 0 Å². The maximum atomic E-state index is 11.2. The highest BCUT2D eigenvalue weighted by Crippen LogP contribution is 2.67. The zero-order valence-electron chi connectivity index (χ0n) is 17.6. The number of hydrogen-bond acceptors (Lipinski definition) is 1. The Morgan fingerprint density at radius 1 is 1.27 bits per heavy atom. The highest BCUT2D eigenvalue weighted by atomic mass is 16.1. The van der Waals surface area contributed by atoms with Crippen molar-refractivity contribution in [1.29, 1.82) is 0 Å². The van der Waals surface area contributed by atoms with E-state index in [0.29, 0.717) is 17.3 Å². The fourth-order valence-corrected chi connectivity index (χ4v) is 7.64. The molecule has 0 aromatic heterocycles.